The Morgan fingerprint density at radius 2 is 2.35 bits per heavy atom. The summed E-state index contributed by atoms with van der Waals surface area (Å²) in [4.78, 5) is 0. The summed E-state index contributed by atoms with van der Waals surface area (Å²) in [5.74, 6) is 0.995. The molecule has 0 aliphatic carbocycles. The van der Waals surface area contributed by atoms with E-state index in [2.05, 4.69) is 23.4 Å². The number of aromatic nitrogens is 2. The topological polar surface area (TPSA) is 43.0 Å². The molecule has 0 radical (unpaired) electrons. The monoisotopic (exact) mass is 233 g/mol. The van der Waals surface area contributed by atoms with E-state index in [-0.39, 0.29) is 6.04 Å². The van der Waals surface area contributed by atoms with Gasteiger partial charge in [0.2, 0.25) is 0 Å². The van der Waals surface area contributed by atoms with Crippen molar-refractivity contribution in [1.82, 2.24) is 15.1 Å². The lowest BCUT2D eigenvalue weighted by atomic mass is 10.1. The molecule has 17 heavy (non-hydrogen) atoms. The first-order chi connectivity index (χ1) is 8.20. The molecule has 1 N–H and O–H groups in total. The largest absolute Gasteiger partial charge is 0.469 e. The van der Waals surface area contributed by atoms with Crippen LogP contribution in [-0.2, 0) is 13.5 Å². The zero-order valence-electron chi connectivity index (χ0n) is 10.6. The lowest BCUT2D eigenvalue weighted by molar-refractivity contribution is 0.440. The summed E-state index contributed by atoms with van der Waals surface area (Å²) in [6, 6.07) is 6.30. The van der Waals surface area contributed by atoms with Gasteiger partial charge < -0.3 is 9.73 Å². The van der Waals surface area contributed by atoms with Gasteiger partial charge in [0.25, 0.3) is 0 Å². The van der Waals surface area contributed by atoms with Crippen LogP contribution in [0.3, 0.4) is 0 Å². The third-order valence-electron chi connectivity index (χ3n) is 2.83. The first kappa shape index (κ1) is 11.9. The number of likely N-dealkylation sites (N-methyl/N-ethyl adjacent to an activating group) is 1. The van der Waals surface area contributed by atoms with Crippen LogP contribution in [0.15, 0.2) is 28.9 Å². The van der Waals surface area contributed by atoms with Gasteiger partial charge in [-0.2, -0.15) is 5.10 Å². The molecule has 92 valence electrons. The maximum Gasteiger partial charge on any atom is 0.105 e. The summed E-state index contributed by atoms with van der Waals surface area (Å²) in [7, 11) is 1.98. The Kier molecular flexibility index (Phi) is 3.64. The van der Waals surface area contributed by atoms with Crippen LogP contribution in [-0.4, -0.2) is 16.3 Å². The van der Waals surface area contributed by atoms with E-state index < -0.39 is 0 Å². The van der Waals surface area contributed by atoms with Gasteiger partial charge in [-0.1, -0.05) is 6.92 Å². The second-order valence-corrected chi connectivity index (χ2v) is 4.23. The lowest BCUT2D eigenvalue weighted by Crippen LogP contribution is -2.25. The first-order valence-corrected chi connectivity index (χ1v) is 5.97. The Labute approximate surface area is 102 Å². The third kappa shape index (κ3) is 2.77. The summed E-state index contributed by atoms with van der Waals surface area (Å²) >= 11 is 0. The zero-order valence-corrected chi connectivity index (χ0v) is 10.6. The predicted molar refractivity (Wildman–Crippen MR) is 66.8 cm³/mol. The average molecular weight is 233 g/mol. The Hall–Kier alpha value is -1.55. The Morgan fingerprint density at radius 1 is 1.53 bits per heavy atom. The van der Waals surface area contributed by atoms with Crippen LogP contribution in [0.4, 0.5) is 0 Å². The van der Waals surface area contributed by atoms with E-state index >= 15 is 0 Å². The smallest absolute Gasteiger partial charge is 0.105 e. The Morgan fingerprint density at radius 3 is 2.88 bits per heavy atom. The standard InChI is InChI=1S/C13H19N3O/c1-4-14-12(9-11-6-5-7-17-11)13-8-10(2)15-16(13)3/h5-8,12,14H,4,9H2,1-3H3. The molecular weight excluding hydrogens is 214 g/mol. The number of hydrogen-bond acceptors (Lipinski definition) is 3. The summed E-state index contributed by atoms with van der Waals surface area (Å²) in [5, 5.41) is 7.86. The molecule has 1 unspecified atom stereocenters. The highest BCUT2D eigenvalue weighted by Crippen LogP contribution is 2.19. The van der Waals surface area contributed by atoms with Crippen molar-refractivity contribution in [3.05, 3.63) is 41.6 Å². The SMILES string of the molecule is CCNC(Cc1ccco1)c1cc(C)nn1C. The molecule has 2 aromatic heterocycles. The highest BCUT2D eigenvalue weighted by Gasteiger charge is 2.16. The van der Waals surface area contributed by atoms with Crippen molar-refractivity contribution >= 4 is 0 Å². The maximum atomic E-state index is 5.41. The molecular formula is C13H19N3O. The Bertz CT molecular complexity index is 459. The van der Waals surface area contributed by atoms with Crippen LogP contribution in [0, 0.1) is 6.92 Å². The van der Waals surface area contributed by atoms with Gasteiger partial charge in [-0.15, -0.1) is 0 Å². The molecule has 1 atom stereocenters. The van der Waals surface area contributed by atoms with Crippen LogP contribution in [0.5, 0.6) is 0 Å². The second kappa shape index (κ2) is 5.19. The molecule has 0 saturated carbocycles. The highest BCUT2D eigenvalue weighted by atomic mass is 16.3. The van der Waals surface area contributed by atoms with Crippen LogP contribution in [0.1, 0.15) is 30.1 Å². The van der Waals surface area contributed by atoms with E-state index in [0.29, 0.717) is 0 Å². The quantitative estimate of drug-likeness (QED) is 0.861. The summed E-state index contributed by atoms with van der Waals surface area (Å²) in [6.07, 6.45) is 2.56. The molecule has 0 aliphatic heterocycles. The first-order valence-electron chi connectivity index (χ1n) is 5.97. The van der Waals surface area contributed by atoms with E-state index in [1.807, 2.05) is 30.8 Å². The van der Waals surface area contributed by atoms with Crippen molar-refractivity contribution in [3.8, 4) is 0 Å². The molecule has 0 spiro atoms. The minimum Gasteiger partial charge on any atom is -0.469 e. The molecule has 0 aromatic carbocycles. The number of aryl methyl sites for hydroxylation is 2. The van der Waals surface area contributed by atoms with Gasteiger partial charge in [0.15, 0.2) is 0 Å². The minimum absolute atomic E-state index is 0.248. The van der Waals surface area contributed by atoms with Crippen molar-refractivity contribution < 1.29 is 4.42 Å². The maximum absolute atomic E-state index is 5.41. The molecule has 0 amide bonds. The van der Waals surface area contributed by atoms with Gasteiger partial charge in [-0.25, -0.2) is 0 Å². The van der Waals surface area contributed by atoms with Crippen molar-refractivity contribution in [3.63, 3.8) is 0 Å². The lowest BCUT2D eigenvalue weighted by Gasteiger charge is -2.16. The highest BCUT2D eigenvalue weighted by molar-refractivity contribution is 5.15. The van der Waals surface area contributed by atoms with Gasteiger partial charge in [0.1, 0.15) is 5.76 Å². The fraction of sp³-hybridized carbons (Fsp3) is 0.462. The van der Waals surface area contributed by atoms with Crippen molar-refractivity contribution in [2.75, 3.05) is 6.54 Å². The number of furan rings is 1. The predicted octanol–water partition coefficient (Wildman–Crippen LogP) is 2.21. The van der Waals surface area contributed by atoms with E-state index in [4.69, 9.17) is 4.42 Å². The molecule has 2 heterocycles. The molecule has 0 aliphatic rings. The van der Waals surface area contributed by atoms with Gasteiger partial charge in [-0.05, 0) is 31.7 Å². The Balaban J connectivity index is 2.19. The summed E-state index contributed by atoms with van der Waals surface area (Å²) < 4.78 is 7.34. The molecule has 4 nitrogen and oxygen atoms in total. The van der Waals surface area contributed by atoms with Crippen molar-refractivity contribution in [2.45, 2.75) is 26.3 Å². The third-order valence-corrected chi connectivity index (χ3v) is 2.83. The molecule has 2 rings (SSSR count). The van der Waals surface area contributed by atoms with Crippen LogP contribution in [0.25, 0.3) is 0 Å². The number of hydrogen-bond donors (Lipinski definition) is 1. The molecule has 4 heteroatoms. The zero-order chi connectivity index (χ0) is 12.3. The number of rotatable bonds is 5. The summed E-state index contributed by atoms with van der Waals surface area (Å²) in [6.45, 7) is 5.05. The van der Waals surface area contributed by atoms with Gasteiger partial charge in [0, 0.05) is 13.5 Å². The van der Waals surface area contributed by atoms with Crippen molar-refractivity contribution in [2.24, 2.45) is 7.05 Å². The summed E-state index contributed by atoms with van der Waals surface area (Å²) in [5.41, 5.74) is 2.24. The van der Waals surface area contributed by atoms with Gasteiger partial charge >= 0.3 is 0 Å². The minimum atomic E-state index is 0.248. The average Bonchev–Trinajstić information content (AvgIpc) is 2.88. The number of nitrogens with one attached hydrogen (secondary N) is 1. The molecule has 0 bridgehead atoms. The van der Waals surface area contributed by atoms with E-state index in [1.165, 1.54) is 5.69 Å². The fourth-order valence-corrected chi connectivity index (χ4v) is 2.11. The van der Waals surface area contributed by atoms with Crippen LogP contribution in [0.2, 0.25) is 0 Å². The van der Waals surface area contributed by atoms with E-state index in [9.17, 15) is 0 Å². The van der Waals surface area contributed by atoms with Gasteiger partial charge in [-0.3, -0.25) is 4.68 Å². The molecule has 0 saturated heterocycles. The van der Waals surface area contributed by atoms with Crippen molar-refractivity contribution in [1.29, 1.82) is 0 Å². The van der Waals surface area contributed by atoms with Crippen LogP contribution >= 0.6 is 0 Å². The molecule has 2 aromatic rings. The second-order valence-electron chi connectivity index (χ2n) is 4.23. The number of nitrogens with zero attached hydrogens (tertiary/aromatic N) is 2. The normalized spacial score (nSPS) is 12.9. The van der Waals surface area contributed by atoms with Crippen LogP contribution < -0.4 is 5.32 Å². The van der Waals surface area contributed by atoms with E-state index in [0.717, 1.165) is 24.4 Å². The van der Waals surface area contributed by atoms with Gasteiger partial charge in [0.05, 0.1) is 23.7 Å². The fourth-order valence-electron chi connectivity index (χ4n) is 2.11. The van der Waals surface area contributed by atoms with E-state index in [1.54, 1.807) is 6.26 Å². The molecule has 0 fully saturated rings.